The van der Waals surface area contributed by atoms with Crippen LogP contribution in [0.2, 0.25) is 20.1 Å². The summed E-state index contributed by atoms with van der Waals surface area (Å²) in [5, 5.41) is 6.73. The smallest absolute Gasteiger partial charge is 0.224 e. The third-order valence-electron chi connectivity index (χ3n) is 4.91. The van der Waals surface area contributed by atoms with Crippen LogP contribution in [0.5, 0.6) is 0 Å². The van der Waals surface area contributed by atoms with Crippen molar-refractivity contribution in [2.24, 2.45) is 11.8 Å². The molecule has 1 heterocycles. The number of amides is 2. The molecule has 0 radical (unpaired) electrons. The van der Waals surface area contributed by atoms with Gasteiger partial charge in [-0.15, -0.1) is 0 Å². The fraction of sp³-hybridized carbons (Fsp3) is 0.300. The Bertz CT molecular complexity index is 1040. The van der Waals surface area contributed by atoms with Crippen molar-refractivity contribution < 1.29 is 18.0 Å². The maximum atomic E-state index is 12.5. The molecule has 0 unspecified atom stereocenters. The van der Waals surface area contributed by atoms with Crippen molar-refractivity contribution in [3.63, 3.8) is 0 Å². The minimum atomic E-state index is -3.36. The highest BCUT2D eigenvalue weighted by Gasteiger charge is 2.39. The molecule has 2 aromatic rings. The molecule has 2 aromatic carbocycles. The van der Waals surface area contributed by atoms with E-state index in [1.807, 2.05) is 0 Å². The zero-order valence-electron chi connectivity index (χ0n) is 16.0. The van der Waals surface area contributed by atoms with E-state index in [0.717, 1.165) is 0 Å². The van der Waals surface area contributed by atoms with Crippen LogP contribution in [0.3, 0.4) is 0 Å². The van der Waals surface area contributed by atoms with Gasteiger partial charge in [-0.05, 0) is 48.2 Å². The summed E-state index contributed by atoms with van der Waals surface area (Å²) in [4.78, 5) is 25.0. The molecule has 2 amide bonds. The van der Waals surface area contributed by atoms with E-state index in [2.05, 4.69) is 10.6 Å². The summed E-state index contributed by atoms with van der Waals surface area (Å²) in [6.07, 6.45) is -0.115. The summed E-state index contributed by atoms with van der Waals surface area (Å²) in [5.41, 5.74) is 0.757. The Morgan fingerprint density at radius 3 is 1.52 bits per heavy atom. The first kappa shape index (κ1) is 24.1. The minimum Gasteiger partial charge on any atom is -0.325 e. The quantitative estimate of drug-likeness (QED) is 0.536. The van der Waals surface area contributed by atoms with Gasteiger partial charge in [0.15, 0.2) is 9.84 Å². The van der Waals surface area contributed by atoms with Crippen LogP contribution in [-0.2, 0) is 19.4 Å². The largest absolute Gasteiger partial charge is 0.325 e. The summed E-state index contributed by atoms with van der Waals surface area (Å²) in [7, 11) is -3.36. The molecule has 1 aliphatic rings. The van der Waals surface area contributed by atoms with Crippen LogP contribution in [-0.4, -0.2) is 31.7 Å². The average Bonchev–Trinajstić information content (AvgIpc) is 2.92. The number of benzene rings is 2. The fourth-order valence-corrected chi connectivity index (χ4v) is 6.64. The molecular weight excluding hydrogens is 506 g/mol. The van der Waals surface area contributed by atoms with Gasteiger partial charge in [-0.2, -0.15) is 0 Å². The number of hydrogen-bond donors (Lipinski definition) is 2. The molecular formula is C20H18Cl4N2O4S. The molecule has 2 atom stereocenters. The van der Waals surface area contributed by atoms with Crippen LogP contribution >= 0.6 is 46.4 Å². The van der Waals surface area contributed by atoms with E-state index >= 15 is 0 Å². The first-order chi connectivity index (χ1) is 14.5. The first-order valence-corrected chi connectivity index (χ1v) is 12.6. The molecule has 11 heteroatoms. The van der Waals surface area contributed by atoms with E-state index < -0.39 is 33.5 Å². The zero-order valence-corrected chi connectivity index (χ0v) is 19.8. The predicted molar refractivity (Wildman–Crippen MR) is 125 cm³/mol. The SMILES string of the molecule is O=C(C[C@@H]1CS(=O)(=O)C[C@@H]1CC(=O)Nc1ccc(Cl)cc1Cl)Nc1ccc(Cl)cc1Cl. The van der Waals surface area contributed by atoms with Gasteiger partial charge in [-0.3, -0.25) is 9.59 Å². The maximum absolute atomic E-state index is 12.5. The van der Waals surface area contributed by atoms with E-state index in [-0.39, 0.29) is 34.4 Å². The lowest BCUT2D eigenvalue weighted by molar-refractivity contribution is -0.119. The van der Waals surface area contributed by atoms with Gasteiger partial charge in [0.2, 0.25) is 11.8 Å². The predicted octanol–water partition coefficient (Wildman–Crippen LogP) is 5.32. The van der Waals surface area contributed by atoms with Crippen molar-refractivity contribution >= 4 is 79.4 Å². The van der Waals surface area contributed by atoms with E-state index in [0.29, 0.717) is 21.4 Å². The van der Waals surface area contributed by atoms with Gasteiger partial charge in [-0.25, -0.2) is 8.42 Å². The van der Waals surface area contributed by atoms with Crippen LogP contribution in [0.15, 0.2) is 36.4 Å². The minimum absolute atomic E-state index is 0.0577. The Labute approximate surface area is 200 Å². The van der Waals surface area contributed by atoms with E-state index in [1.165, 1.54) is 12.1 Å². The van der Waals surface area contributed by atoms with Gasteiger partial charge in [0, 0.05) is 22.9 Å². The number of hydrogen-bond acceptors (Lipinski definition) is 4. The van der Waals surface area contributed by atoms with Gasteiger partial charge < -0.3 is 10.6 Å². The van der Waals surface area contributed by atoms with E-state index in [1.54, 1.807) is 24.3 Å². The topological polar surface area (TPSA) is 92.3 Å². The molecule has 166 valence electrons. The van der Waals surface area contributed by atoms with Crippen LogP contribution < -0.4 is 10.6 Å². The lowest BCUT2D eigenvalue weighted by Gasteiger charge is -2.18. The third kappa shape index (κ3) is 6.73. The molecule has 0 bridgehead atoms. The van der Waals surface area contributed by atoms with Crippen molar-refractivity contribution in [1.82, 2.24) is 0 Å². The van der Waals surface area contributed by atoms with E-state index in [9.17, 15) is 18.0 Å². The second-order valence-corrected chi connectivity index (χ2v) is 11.2. The third-order valence-corrected chi connectivity index (χ3v) is 7.88. The van der Waals surface area contributed by atoms with Gasteiger partial charge in [0.25, 0.3) is 0 Å². The van der Waals surface area contributed by atoms with Crippen LogP contribution in [0.4, 0.5) is 11.4 Å². The zero-order chi connectivity index (χ0) is 22.8. The number of sulfone groups is 1. The molecule has 6 nitrogen and oxygen atoms in total. The molecule has 0 aromatic heterocycles. The highest BCUT2D eigenvalue weighted by molar-refractivity contribution is 7.91. The maximum Gasteiger partial charge on any atom is 0.224 e. The molecule has 3 rings (SSSR count). The number of nitrogens with one attached hydrogen (secondary N) is 2. The van der Waals surface area contributed by atoms with Gasteiger partial charge in [-0.1, -0.05) is 46.4 Å². The highest BCUT2D eigenvalue weighted by atomic mass is 35.5. The second-order valence-electron chi connectivity index (χ2n) is 7.35. The summed E-state index contributed by atoms with van der Waals surface area (Å²) in [6, 6.07) is 9.28. The van der Waals surface area contributed by atoms with Crippen molar-refractivity contribution in [3.8, 4) is 0 Å². The standard InChI is InChI=1S/C20H18Cl4N2O4S/c21-13-1-3-17(15(23)7-13)25-19(27)5-11-9-31(29,30)10-12(11)6-20(28)26-18-4-2-14(22)8-16(18)24/h1-4,7-8,11-12H,5-6,9-10H2,(H,25,27)(H,26,28)/t11-,12+. The second kappa shape index (κ2) is 9.96. The fourth-order valence-electron chi connectivity index (χ4n) is 3.50. The number of anilines is 2. The normalized spacial score (nSPS) is 19.7. The number of halogens is 4. The molecule has 0 spiro atoms. The van der Waals surface area contributed by atoms with Gasteiger partial charge in [0.05, 0.1) is 32.9 Å². The Kier molecular flexibility index (Phi) is 7.76. The molecule has 0 saturated carbocycles. The summed E-state index contributed by atoms with van der Waals surface area (Å²) in [6.45, 7) is 0. The van der Waals surface area contributed by atoms with Gasteiger partial charge >= 0.3 is 0 Å². The number of carbonyl (C=O) groups excluding carboxylic acids is 2. The summed E-state index contributed by atoms with van der Waals surface area (Å²) >= 11 is 23.8. The van der Waals surface area contributed by atoms with Crippen LogP contribution in [0.1, 0.15) is 12.8 Å². The van der Waals surface area contributed by atoms with Crippen LogP contribution in [0.25, 0.3) is 0 Å². The molecule has 31 heavy (non-hydrogen) atoms. The Balaban J connectivity index is 1.64. The monoisotopic (exact) mass is 522 g/mol. The molecule has 1 fully saturated rings. The molecule has 1 saturated heterocycles. The van der Waals surface area contributed by atoms with Crippen molar-refractivity contribution in [2.45, 2.75) is 12.8 Å². The summed E-state index contributed by atoms with van der Waals surface area (Å²) in [5.74, 6) is -2.09. The van der Waals surface area contributed by atoms with Crippen molar-refractivity contribution in [3.05, 3.63) is 56.5 Å². The van der Waals surface area contributed by atoms with Gasteiger partial charge in [0.1, 0.15) is 0 Å². The Hall–Kier alpha value is -1.51. The summed E-state index contributed by atoms with van der Waals surface area (Å²) < 4.78 is 24.4. The average molecular weight is 524 g/mol. The molecule has 0 aliphatic carbocycles. The first-order valence-electron chi connectivity index (χ1n) is 9.22. The lowest BCUT2D eigenvalue weighted by atomic mass is 9.89. The Morgan fingerprint density at radius 1 is 0.774 bits per heavy atom. The lowest BCUT2D eigenvalue weighted by Crippen LogP contribution is -2.25. The van der Waals surface area contributed by atoms with Crippen molar-refractivity contribution in [2.75, 3.05) is 22.1 Å². The Morgan fingerprint density at radius 2 is 1.16 bits per heavy atom. The number of rotatable bonds is 6. The molecule has 1 aliphatic heterocycles. The van der Waals surface area contributed by atoms with E-state index in [4.69, 9.17) is 46.4 Å². The molecule has 2 N–H and O–H groups in total. The number of carbonyl (C=O) groups is 2. The van der Waals surface area contributed by atoms with Crippen molar-refractivity contribution in [1.29, 1.82) is 0 Å². The van der Waals surface area contributed by atoms with Crippen LogP contribution in [0, 0.1) is 11.8 Å². The highest BCUT2D eigenvalue weighted by Crippen LogP contribution is 2.33.